The van der Waals surface area contributed by atoms with E-state index in [2.05, 4.69) is 74.1 Å². The highest BCUT2D eigenvalue weighted by Gasteiger charge is 2.26. The van der Waals surface area contributed by atoms with E-state index in [9.17, 15) is 0 Å². The molecule has 16 heavy (non-hydrogen) atoms. The largest absolute Gasteiger partial charge is 0.310 e. The Morgan fingerprint density at radius 3 is 2.44 bits per heavy atom. The van der Waals surface area contributed by atoms with Crippen LogP contribution in [0.1, 0.15) is 44.9 Å². The van der Waals surface area contributed by atoms with Gasteiger partial charge in [0, 0.05) is 10.5 Å². The molecular weight excluding hydrogens is 262 g/mol. The molecule has 2 heteroatoms. The summed E-state index contributed by atoms with van der Waals surface area (Å²) in [6, 6.07) is 6.83. The van der Waals surface area contributed by atoms with Gasteiger partial charge in [0.25, 0.3) is 0 Å². The van der Waals surface area contributed by atoms with Gasteiger partial charge >= 0.3 is 0 Å². The third-order valence-electron chi connectivity index (χ3n) is 2.89. The first-order chi connectivity index (χ1) is 7.38. The van der Waals surface area contributed by atoms with E-state index >= 15 is 0 Å². The average molecular weight is 284 g/mol. The highest BCUT2D eigenvalue weighted by atomic mass is 79.9. The molecule has 0 fully saturated rings. The molecule has 0 saturated carbocycles. The monoisotopic (exact) mass is 283 g/mol. The predicted octanol–water partition coefficient (Wildman–Crippen LogP) is 4.45. The van der Waals surface area contributed by atoms with Gasteiger partial charge in [-0.2, -0.15) is 0 Å². The molecule has 1 aromatic rings. The zero-order valence-corrected chi connectivity index (χ0v) is 12.5. The van der Waals surface area contributed by atoms with E-state index in [0.717, 1.165) is 6.54 Å². The summed E-state index contributed by atoms with van der Waals surface area (Å²) in [7, 11) is 0. The Kier molecular flexibility index (Phi) is 4.57. The fourth-order valence-corrected chi connectivity index (χ4v) is 2.41. The summed E-state index contributed by atoms with van der Waals surface area (Å²) in [4.78, 5) is 0. The van der Waals surface area contributed by atoms with E-state index in [1.807, 2.05) is 0 Å². The van der Waals surface area contributed by atoms with Gasteiger partial charge in [-0.15, -0.1) is 0 Å². The number of nitrogens with one attached hydrogen (secondary N) is 1. The van der Waals surface area contributed by atoms with Gasteiger partial charge in [-0.3, -0.25) is 0 Å². The highest BCUT2D eigenvalue weighted by molar-refractivity contribution is 9.10. The van der Waals surface area contributed by atoms with Crippen molar-refractivity contribution in [3.63, 3.8) is 0 Å². The van der Waals surface area contributed by atoms with Crippen LogP contribution in [0.4, 0.5) is 0 Å². The molecule has 0 spiro atoms. The first-order valence-corrected chi connectivity index (χ1v) is 6.65. The van der Waals surface area contributed by atoms with Crippen LogP contribution in [0.15, 0.2) is 22.7 Å². The Bertz CT molecular complexity index is 352. The average Bonchev–Trinajstić information content (AvgIpc) is 2.18. The van der Waals surface area contributed by atoms with Gasteiger partial charge in [0.2, 0.25) is 0 Å². The third-order valence-corrected chi connectivity index (χ3v) is 3.75. The Labute approximate surface area is 108 Å². The van der Waals surface area contributed by atoms with Crippen molar-refractivity contribution in [3.05, 3.63) is 33.8 Å². The number of halogens is 1. The lowest BCUT2D eigenvalue weighted by Gasteiger charge is -2.33. The zero-order valence-electron chi connectivity index (χ0n) is 10.9. The van der Waals surface area contributed by atoms with Crippen LogP contribution in [0.2, 0.25) is 0 Å². The van der Waals surface area contributed by atoms with E-state index in [1.54, 1.807) is 0 Å². The zero-order chi connectivity index (χ0) is 12.3. The van der Waals surface area contributed by atoms with Crippen molar-refractivity contribution < 1.29 is 0 Å². The summed E-state index contributed by atoms with van der Waals surface area (Å²) in [5.41, 5.74) is 2.95. The second-order valence-corrected chi connectivity index (χ2v) is 6.17. The maximum atomic E-state index is 3.60. The molecule has 0 aliphatic rings. The van der Waals surface area contributed by atoms with Crippen molar-refractivity contribution in [2.45, 2.75) is 40.7 Å². The summed E-state index contributed by atoms with van der Waals surface area (Å²) in [6.45, 7) is 12.2. The van der Waals surface area contributed by atoms with Crippen LogP contribution < -0.4 is 5.32 Å². The Balaban J connectivity index is 3.16. The van der Waals surface area contributed by atoms with Gasteiger partial charge in [0.15, 0.2) is 0 Å². The van der Waals surface area contributed by atoms with Crippen LogP contribution >= 0.6 is 15.9 Å². The molecule has 0 heterocycles. The van der Waals surface area contributed by atoms with Crippen molar-refractivity contribution in [3.8, 4) is 0 Å². The molecule has 0 bridgehead atoms. The summed E-state index contributed by atoms with van der Waals surface area (Å²) < 4.78 is 1.19. The molecule has 1 nitrogen and oxygen atoms in total. The minimum Gasteiger partial charge on any atom is -0.310 e. The van der Waals surface area contributed by atoms with Crippen LogP contribution in [0, 0.1) is 12.3 Å². The summed E-state index contributed by atoms with van der Waals surface area (Å²) in [5, 5.41) is 3.59. The normalized spacial score (nSPS) is 13.9. The Hall–Kier alpha value is -0.340. The van der Waals surface area contributed by atoms with Gasteiger partial charge in [-0.1, -0.05) is 55.8 Å². The predicted molar refractivity (Wildman–Crippen MR) is 74.8 cm³/mol. The van der Waals surface area contributed by atoms with Crippen molar-refractivity contribution in [1.29, 1.82) is 0 Å². The molecule has 90 valence electrons. The minimum absolute atomic E-state index is 0.224. The molecule has 0 amide bonds. The second kappa shape index (κ2) is 5.33. The standard InChI is InChI=1S/C14H22BrN/c1-6-16-13(14(3,4)5)11-8-7-9-12(15)10(11)2/h7-9,13,16H,6H2,1-5H3. The molecule has 1 aromatic carbocycles. The fraction of sp³-hybridized carbons (Fsp3) is 0.571. The SMILES string of the molecule is CCNC(c1cccc(Br)c1C)C(C)(C)C. The molecular formula is C14H22BrN. The molecule has 1 atom stereocenters. The number of rotatable bonds is 3. The molecule has 0 saturated heterocycles. The molecule has 1 rings (SSSR count). The Morgan fingerprint density at radius 1 is 1.31 bits per heavy atom. The fourth-order valence-electron chi connectivity index (χ4n) is 2.02. The smallest absolute Gasteiger partial charge is 0.0372 e. The second-order valence-electron chi connectivity index (χ2n) is 5.31. The lowest BCUT2D eigenvalue weighted by Crippen LogP contribution is -2.32. The first kappa shape index (κ1) is 13.7. The maximum absolute atomic E-state index is 3.60. The number of hydrogen-bond donors (Lipinski definition) is 1. The van der Waals surface area contributed by atoms with Crippen molar-refractivity contribution >= 4 is 15.9 Å². The van der Waals surface area contributed by atoms with Crippen LogP contribution in [-0.4, -0.2) is 6.54 Å². The van der Waals surface area contributed by atoms with Gasteiger partial charge in [-0.25, -0.2) is 0 Å². The summed E-state index contributed by atoms with van der Waals surface area (Å²) in [5.74, 6) is 0. The molecule has 0 aliphatic carbocycles. The van der Waals surface area contributed by atoms with Crippen LogP contribution in [0.5, 0.6) is 0 Å². The maximum Gasteiger partial charge on any atom is 0.0372 e. The van der Waals surface area contributed by atoms with Gasteiger partial charge in [0.05, 0.1) is 0 Å². The van der Waals surface area contributed by atoms with E-state index in [1.165, 1.54) is 15.6 Å². The van der Waals surface area contributed by atoms with E-state index in [-0.39, 0.29) is 5.41 Å². The van der Waals surface area contributed by atoms with Crippen molar-refractivity contribution in [2.24, 2.45) is 5.41 Å². The van der Waals surface area contributed by atoms with Crippen molar-refractivity contribution in [2.75, 3.05) is 6.54 Å². The lowest BCUT2D eigenvalue weighted by atomic mass is 9.81. The third kappa shape index (κ3) is 3.08. The van der Waals surface area contributed by atoms with E-state index in [0.29, 0.717) is 6.04 Å². The van der Waals surface area contributed by atoms with Gasteiger partial charge in [0.1, 0.15) is 0 Å². The quantitative estimate of drug-likeness (QED) is 0.864. The minimum atomic E-state index is 0.224. The van der Waals surface area contributed by atoms with Crippen LogP contribution in [-0.2, 0) is 0 Å². The molecule has 1 unspecified atom stereocenters. The number of hydrogen-bond acceptors (Lipinski definition) is 1. The number of benzene rings is 1. The molecule has 0 aliphatic heterocycles. The molecule has 1 N–H and O–H groups in total. The lowest BCUT2D eigenvalue weighted by molar-refractivity contribution is 0.276. The van der Waals surface area contributed by atoms with Crippen molar-refractivity contribution in [1.82, 2.24) is 5.32 Å². The Morgan fingerprint density at radius 2 is 1.94 bits per heavy atom. The topological polar surface area (TPSA) is 12.0 Å². The van der Waals surface area contributed by atoms with Gasteiger partial charge < -0.3 is 5.32 Å². The van der Waals surface area contributed by atoms with Crippen LogP contribution in [0.3, 0.4) is 0 Å². The molecule has 0 radical (unpaired) electrons. The highest BCUT2D eigenvalue weighted by Crippen LogP contribution is 2.36. The summed E-state index contributed by atoms with van der Waals surface area (Å²) >= 11 is 3.60. The molecule has 0 aromatic heterocycles. The first-order valence-electron chi connectivity index (χ1n) is 5.86. The van der Waals surface area contributed by atoms with E-state index < -0.39 is 0 Å². The van der Waals surface area contributed by atoms with E-state index in [4.69, 9.17) is 0 Å². The summed E-state index contributed by atoms with van der Waals surface area (Å²) in [6.07, 6.45) is 0. The van der Waals surface area contributed by atoms with Gasteiger partial charge in [-0.05, 0) is 36.1 Å². The van der Waals surface area contributed by atoms with Crippen LogP contribution in [0.25, 0.3) is 0 Å².